The third-order valence-corrected chi connectivity index (χ3v) is 5.01. The van der Waals surface area contributed by atoms with Gasteiger partial charge in [-0.05, 0) is 35.7 Å². The van der Waals surface area contributed by atoms with Crippen LogP contribution in [0.25, 0.3) is 0 Å². The standard InChI is InChI=1S/C25H25FN2O4/c1-16(17-9-11-19(26)12-10-17)13-24(29)27-20-14-23(32-3)21(15-22(20)31-2)28-25(30)18-7-5-4-6-8-18/h4-12,14-16H,13H2,1-3H3,(H,27,29)(H,28,30). The topological polar surface area (TPSA) is 76.7 Å². The molecule has 0 saturated carbocycles. The zero-order valence-electron chi connectivity index (χ0n) is 18.1. The fraction of sp³-hybridized carbons (Fsp3) is 0.200. The van der Waals surface area contributed by atoms with E-state index in [4.69, 9.17) is 9.47 Å². The molecule has 0 fully saturated rings. The third-order valence-electron chi connectivity index (χ3n) is 5.01. The van der Waals surface area contributed by atoms with Gasteiger partial charge in [-0.15, -0.1) is 0 Å². The number of methoxy groups -OCH3 is 2. The van der Waals surface area contributed by atoms with E-state index < -0.39 is 0 Å². The molecule has 1 unspecified atom stereocenters. The molecule has 3 rings (SSSR count). The maximum Gasteiger partial charge on any atom is 0.255 e. The second-order valence-corrected chi connectivity index (χ2v) is 7.28. The van der Waals surface area contributed by atoms with E-state index in [1.165, 1.54) is 26.4 Å². The third kappa shape index (κ3) is 5.63. The summed E-state index contributed by atoms with van der Waals surface area (Å²) in [7, 11) is 2.95. The lowest BCUT2D eigenvalue weighted by atomic mass is 9.97. The Kier molecular flexibility index (Phi) is 7.44. The lowest BCUT2D eigenvalue weighted by Crippen LogP contribution is -2.16. The van der Waals surface area contributed by atoms with E-state index in [1.807, 2.05) is 13.0 Å². The van der Waals surface area contributed by atoms with Crippen LogP contribution in [-0.2, 0) is 4.79 Å². The molecule has 3 aromatic rings. The number of carbonyl (C=O) groups excluding carboxylic acids is 2. The van der Waals surface area contributed by atoms with Gasteiger partial charge in [0.25, 0.3) is 5.91 Å². The molecule has 32 heavy (non-hydrogen) atoms. The molecule has 7 heteroatoms. The minimum Gasteiger partial charge on any atom is -0.494 e. The van der Waals surface area contributed by atoms with Gasteiger partial charge < -0.3 is 20.1 Å². The zero-order valence-corrected chi connectivity index (χ0v) is 18.1. The molecule has 0 bridgehead atoms. The molecular formula is C25H25FN2O4. The lowest BCUT2D eigenvalue weighted by Gasteiger charge is -2.17. The quantitative estimate of drug-likeness (QED) is 0.507. The molecule has 0 aliphatic carbocycles. The van der Waals surface area contributed by atoms with Crippen molar-refractivity contribution in [3.05, 3.63) is 83.7 Å². The first kappa shape index (κ1) is 22.8. The molecule has 0 heterocycles. The number of nitrogens with one attached hydrogen (secondary N) is 2. The van der Waals surface area contributed by atoms with Crippen LogP contribution >= 0.6 is 0 Å². The summed E-state index contributed by atoms with van der Waals surface area (Å²) in [5.74, 6) is -0.206. The molecule has 0 aromatic heterocycles. The number of hydrogen-bond donors (Lipinski definition) is 2. The molecule has 3 aromatic carbocycles. The predicted octanol–water partition coefficient (Wildman–Crippen LogP) is 5.23. The van der Waals surface area contributed by atoms with Gasteiger partial charge >= 0.3 is 0 Å². The van der Waals surface area contributed by atoms with Crippen LogP contribution in [-0.4, -0.2) is 26.0 Å². The Morgan fingerprint density at radius 3 is 2.00 bits per heavy atom. The van der Waals surface area contributed by atoms with Crippen LogP contribution in [0.15, 0.2) is 66.7 Å². The molecule has 0 saturated heterocycles. The van der Waals surface area contributed by atoms with Gasteiger partial charge in [-0.25, -0.2) is 4.39 Å². The van der Waals surface area contributed by atoms with E-state index in [2.05, 4.69) is 10.6 Å². The van der Waals surface area contributed by atoms with E-state index in [0.29, 0.717) is 28.4 Å². The molecule has 0 aliphatic rings. The summed E-state index contributed by atoms with van der Waals surface area (Å²) in [6.45, 7) is 1.90. The van der Waals surface area contributed by atoms with Crippen LogP contribution in [0.4, 0.5) is 15.8 Å². The molecule has 2 N–H and O–H groups in total. The van der Waals surface area contributed by atoms with Crippen molar-refractivity contribution < 1.29 is 23.5 Å². The smallest absolute Gasteiger partial charge is 0.255 e. The number of benzene rings is 3. The molecule has 6 nitrogen and oxygen atoms in total. The van der Waals surface area contributed by atoms with E-state index >= 15 is 0 Å². The number of hydrogen-bond acceptors (Lipinski definition) is 4. The number of rotatable bonds is 8. The van der Waals surface area contributed by atoms with Crippen LogP contribution in [0.3, 0.4) is 0 Å². The number of amides is 2. The minimum atomic E-state index is -0.318. The second-order valence-electron chi connectivity index (χ2n) is 7.28. The van der Waals surface area contributed by atoms with Crippen molar-refractivity contribution in [3.8, 4) is 11.5 Å². The van der Waals surface area contributed by atoms with Crippen LogP contribution in [0.2, 0.25) is 0 Å². The van der Waals surface area contributed by atoms with Crippen LogP contribution in [0, 0.1) is 5.82 Å². The van der Waals surface area contributed by atoms with Crippen molar-refractivity contribution in [2.24, 2.45) is 0 Å². The molecular weight excluding hydrogens is 411 g/mol. The van der Waals surface area contributed by atoms with Crippen molar-refractivity contribution in [2.45, 2.75) is 19.3 Å². The highest BCUT2D eigenvalue weighted by Crippen LogP contribution is 2.37. The average molecular weight is 436 g/mol. The summed E-state index contributed by atoms with van der Waals surface area (Å²) in [4.78, 5) is 25.1. The fourth-order valence-corrected chi connectivity index (χ4v) is 3.27. The maximum atomic E-state index is 13.1. The van der Waals surface area contributed by atoms with Gasteiger partial charge in [0, 0.05) is 24.1 Å². The molecule has 2 amide bonds. The highest BCUT2D eigenvalue weighted by atomic mass is 19.1. The Hall–Kier alpha value is -3.87. The van der Waals surface area contributed by atoms with Gasteiger partial charge in [0.2, 0.25) is 5.91 Å². The van der Waals surface area contributed by atoms with E-state index in [1.54, 1.807) is 48.5 Å². The molecule has 1 atom stereocenters. The van der Waals surface area contributed by atoms with Gasteiger partial charge in [0.05, 0.1) is 25.6 Å². The molecule has 166 valence electrons. The number of carbonyl (C=O) groups is 2. The fourth-order valence-electron chi connectivity index (χ4n) is 3.27. The van der Waals surface area contributed by atoms with E-state index in [-0.39, 0.29) is 30.0 Å². The summed E-state index contributed by atoms with van der Waals surface area (Å²) in [6.07, 6.45) is 0.198. The Labute approximate surface area is 186 Å². The second kappa shape index (κ2) is 10.4. The Morgan fingerprint density at radius 2 is 1.44 bits per heavy atom. The first-order chi connectivity index (χ1) is 15.4. The Bertz CT molecular complexity index is 1090. The van der Waals surface area contributed by atoms with Gasteiger partial charge in [0.1, 0.15) is 17.3 Å². The van der Waals surface area contributed by atoms with Gasteiger partial charge in [-0.3, -0.25) is 9.59 Å². The van der Waals surface area contributed by atoms with Gasteiger partial charge in [-0.1, -0.05) is 37.3 Å². The molecule has 0 spiro atoms. The maximum absolute atomic E-state index is 13.1. The normalized spacial score (nSPS) is 11.4. The van der Waals surface area contributed by atoms with E-state index in [0.717, 1.165) is 5.56 Å². The minimum absolute atomic E-state index is 0.104. The average Bonchev–Trinajstić information content (AvgIpc) is 2.80. The zero-order chi connectivity index (χ0) is 23.1. The van der Waals surface area contributed by atoms with Gasteiger partial charge in [-0.2, -0.15) is 0 Å². The highest BCUT2D eigenvalue weighted by molar-refractivity contribution is 6.05. The highest BCUT2D eigenvalue weighted by Gasteiger charge is 2.18. The lowest BCUT2D eigenvalue weighted by molar-refractivity contribution is -0.116. The number of anilines is 2. The van der Waals surface area contributed by atoms with Crippen LogP contribution < -0.4 is 20.1 Å². The van der Waals surface area contributed by atoms with E-state index in [9.17, 15) is 14.0 Å². The summed E-state index contributed by atoms with van der Waals surface area (Å²) in [6, 6.07) is 18.1. The number of halogens is 1. The summed E-state index contributed by atoms with van der Waals surface area (Å²) < 4.78 is 24.0. The first-order valence-electron chi connectivity index (χ1n) is 10.1. The Morgan fingerprint density at radius 1 is 0.875 bits per heavy atom. The summed E-state index contributed by atoms with van der Waals surface area (Å²) >= 11 is 0. The Balaban J connectivity index is 1.75. The predicted molar refractivity (Wildman–Crippen MR) is 122 cm³/mol. The summed E-state index contributed by atoms with van der Waals surface area (Å²) in [5, 5.41) is 5.63. The van der Waals surface area contributed by atoms with Crippen molar-refractivity contribution in [3.63, 3.8) is 0 Å². The first-order valence-corrected chi connectivity index (χ1v) is 10.1. The molecule has 0 radical (unpaired) electrons. The summed E-state index contributed by atoms with van der Waals surface area (Å²) in [5.41, 5.74) is 2.19. The van der Waals surface area contributed by atoms with Crippen LogP contribution in [0.5, 0.6) is 11.5 Å². The van der Waals surface area contributed by atoms with Crippen LogP contribution in [0.1, 0.15) is 35.2 Å². The number of ether oxygens (including phenoxy) is 2. The van der Waals surface area contributed by atoms with Crippen molar-refractivity contribution in [2.75, 3.05) is 24.9 Å². The SMILES string of the molecule is COc1cc(NC(=O)c2ccccc2)c(OC)cc1NC(=O)CC(C)c1ccc(F)cc1. The van der Waals surface area contributed by atoms with Crippen molar-refractivity contribution in [1.82, 2.24) is 0 Å². The largest absolute Gasteiger partial charge is 0.494 e. The van der Waals surface area contributed by atoms with Gasteiger partial charge in [0.15, 0.2) is 0 Å². The monoisotopic (exact) mass is 436 g/mol. The van der Waals surface area contributed by atoms with Crippen molar-refractivity contribution in [1.29, 1.82) is 0 Å². The molecule has 0 aliphatic heterocycles. The van der Waals surface area contributed by atoms with Crippen molar-refractivity contribution >= 4 is 23.2 Å².